The molecule has 0 spiro atoms. The zero-order valence-electron chi connectivity index (χ0n) is 18.5. The molecule has 1 N–H and O–H groups in total. The molecule has 1 amide bonds. The normalized spacial score (nSPS) is 12.0. The van der Waals surface area contributed by atoms with E-state index in [1.165, 1.54) is 50.6 Å². The van der Waals surface area contributed by atoms with Crippen molar-refractivity contribution < 1.29 is 27.1 Å². The molecule has 9 heteroatoms. The summed E-state index contributed by atoms with van der Waals surface area (Å²) in [6.45, 7) is 1.25. The number of anilines is 1. The van der Waals surface area contributed by atoms with Crippen LogP contribution >= 0.6 is 0 Å². The van der Waals surface area contributed by atoms with Crippen molar-refractivity contribution in [3.8, 4) is 11.5 Å². The highest BCUT2D eigenvalue weighted by molar-refractivity contribution is 7.92. The Balaban J connectivity index is 1.93. The molecule has 0 saturated heterocycles. The van der Waals surface area contributed by atoms with Gasteiger partial charge in [-0.3, -0.25) is 9.10 Å². The zero-order valence-corrected chi connectivity index (χ0v) is 19.3. The third kappa shape index (κ3) is 5.61. The first-order valence-electron chi connectivity index (χ1n) is 10.1. The summed E-state index contributed by atoms with van der Waals surface area (Å²) in [7, 11) is -1.22. The Morgan fingerprint density at radius 3 is 2.21 bits per heavy atom. The number of hydrogen-bond acceptors (Lipinski definition) is 5. The Labute approximate surface area is 192 Å². The topological polar surface area (TPSA) is 84.9 Å². The van der Waals surface area contributed by atoms with Crippen molar-refractivity contribution >= 4 is 21.6 Å². The average Bonchev–Trinajstić information content (AvgIpc) is 2.82. The average molecular weight is 473 g/mol. The molecule has 0 aliphatic rings. The number of ether oxygens (including phenoxy) is 2. The highest BCUT2D eigenvalue weighted by Crippen LogP contribution is 2.32. The van der Waals surface area contributed by atoms with Gasteiger partial charge in [0.15, 0.2) is 0 Å². The Bertz CT molecular complexity index is 1200. The van der Waals surface area contributed by atoms with Gasteiger partial charge in [-0.05, 0) is 61.0 Å². The van der Waals surface area contributed by atoms with Crippen LogP contribution in [0, 0.1) is 5.82 Å². The third-order valence-electron chi connectivity index (χ3n) is 5.04. The van der Waals surface area contributed by atoms with Gasteiger partial charge in [0.1, 0.15) is 23.9 Å². The molecule has 33 heavy (non-hydrogen) atoms. The lowest BCUT2D eigenvalue weighted by atomic mass is 10.1. The largest absolute Gasteiger partial charge is 0.497 e. The van der Waals surface area contributed by atoms with E-state index in [9.17, 15) is 17.6 Å². The maximum absolute atomic E-state index is 13.5. The molecule has 1 unspecified atom stereocenters. The van der Waals surface area contributed by atoms with Crippen LogP contribution in [0.25, 0.3) is 0 Å². The lowest BCUT2D eigenvalue weighted by molar-refractivity contribution is -0.120. The molecule has 0 aromatic heterocycles. The van der Waals surface area contributed by atoms with E-state index in [0.29, 0.717) is 17.1 Å². The van der Waals surface area contributed by atoms with Gasteiger partial charge in [-0.2, -0.15) is 0 Å². The summed E-state index contributed by atoms with van der Waals surface area (Å²) in [5.41, 5.74) is 0.909. The molecule has 0 saturated carbocycles. The maximum atomic E-state index is 13.5. The Morgan fingerprint density at radius 1 is 0.970 bits per heavy atom. The van der Waals surface area contributed by atoms with Gasteiger partial charge in [0.25, 0.3) is 10.0 Å². The van der Waals surface area contributed by atoms with Crippen LogP contribution in [0.2, 0.25) is 0 Å². The van der Waals surface area contributed by atoms with Gasteiger partial charge >= 0.3 is 0 Å². The first kappa shape index (κ1) is 24.1. The molecule has 7 nitrogen and oxygen atoms in total. The molecule has 3 aromatic rings. The molecule has 0 aliphatic heterocycles. The van der Waals surface area contributed by atoms with Crippen LogP contribution in [0.1, 0.15) is 18.5 Å². The van der Waals surface area contributed by atoms with Gasteiger partial charge in [-0.15, -0.1) is 0 Å². The van der Waals surface area contributed by atoms with Crippen LogP contribution in [0.4, 0.5) is 10.1 Å². The van der Waals surface area contributed by atoms with Gasteiger partial charge in [-0.1, -0.05) is 24.3 Å². The van der Waals surface area contributed by atoms with E-state index < -0.39 is 28.5 Å². The summed E-state index contributed by atoms with van der Waals surface area (Å²) in [6, 6.07) is 17.7. The summed E-state index contributed by atoms with van der Waals surface area (Å²) in [6.07, 6.45) is 0. The molecule has 174 valence electrons. The van der Waals surface area contributed by atoms with Crippen molar-refractivity contribution in [2.75, 3.05) is 25.1 Å². The number of rotatable bonds is 9. The second-order valence-corrected chi connectivity index (χ2v) is 9.06. The SMILES string of the molecule is COc1ccc(S(=O)(=O)N(CC(=O)NC(C)c2ccc(F)cc2)c2ccccc2OC)cc1. The van der Waals surface area contributed by atoms with Crippen LogP contribution < -0.4 is 19.1 Å². The molecule has 0 heterocycles. The van der Waals surface area contributed by atoms with Crippen molar-refractivity contribution in [3.05, 3.63) is 84.2 Å². The Morgan fingerprint density at radius 2 is 1.61 bits per heavy atom. The van der Waals surface area contributed by atoms with E-state index in [1.54, 1.807) is 43.3 Å². The van der Waals surface area contributed by atoms with Gasteiger partial charge in [0.2, 0.25) is 5.91 Å². The van der Waals surface area contributed by atoms with Gasteiger partial charge < -0.3 is 14.8 Å². The fourth-order valence-electron chi connectivity index (χ4n) is 3.26. The van der Waals surface area contributed by atoms with Gasteiger partial charge in [0, 0.05) is 0 Å². The van der Waals surface area contributed by atoms with E-state index in [2.05, 4.69) is 5.32 Å². The zero-order chi connectivity index (χ0) is 24.0. The summed E-state index contributed by atoms with van der Waals surface area (Å²) >= 11 is 0. The minimum atomic E-state index is -4.13. The van der Waals surface area contributed by atoms with Crippen LogP contribution in [0.5, 0.6) is 11.5 Å². The number of benzene rings is 3. The minimum Gasteiger partial charge on any atom is -0.497 e. The predicted octanol–water partition coefficient (Wildman–Crippen LogP) is 3.92. The van der Waals surface area contributed by atoms with E-state index in [0.717, 1.165) is 4.31 Å². The second-order valence-electron chi connectivity index (χ2n) is 7.20. The molecular formula is C24H25FN2O5S. The summed E-state index contributed by atoms with van der Waals surface area (Å²) in [4.78, 5) is 12.9. The fourth-order valence-corrected chi connectivity index (χ4v) is 4.69. The van der Waals surface area contributed by atoms with Crippen molar-refractivity contribution in [3.63, 3.8) is 0 Å². The molecular weight excluding hydrogens is 447 g/mol. The van der Waals surface area contributed by atoms with Crippen molar-refractivity contribution in [2.24, 2.45) is 0 Å². The first-order chi connectivity index (χ1) is 15.8. The number of para-hydroxylation sites is 2. The van der Waals surface area contributed by atoms with Gasteiger partial charge in [-0.25, -0.2) is 12.8 Å². The van der Waals surface area contributed by atoms with E-state index in [-0.39, 0.29) is 16.4 Å². The standard InChI is InChI=1S/C24H25FN2O5S/c1-17(18-8-10-19(25)11-9-18)26-24(28)16-27(22-6-4-5-7-23(22)32-3)33(29,30)21-14-12-20(31-2)13-15-21/h4-15,17H,16H2,1-3H3,(H,26,28). The third-order valence-corrected chi connectivity index (χ3v) is 6.81. The quantitative estimate of drug-likeness (QED) is 0.510. The molecule has 0 bridgehead atoms. The second kappa shape index (κ2) is 10.4. The smallest absolute Gasteiger partial charge is 0.264 e. The first-order valence-corrected chi connectivity index (χ1v) is 11.5. The van der Waals surface area contributed by atoms with E-state index >= 15 is 0 Å². The lowest BCUT2D eigenvalue weighted by Gasteiger charge is -2.26. The number of nitrogens with one attached hydrogen (secondary N) is 1. The summed E-state index contributed by atoms with van der Waals surface area (Å²) in [5, 5.41) is 2.77. The monoisotopic (exact) mass is 472 g/mol. The maximum Gasteiger partial charge on any atom is 0.264 e. The number of nitrogens with zero attached hydrogens (tertiary/aromatic N) is 1. The number of hydrogen-bond donors (Lipinski definition) is 1. The molecule has 0 aliphatic carbocycles. The van der Waals surface area contributed by atoms with E-state index in [1.807, 2.05) is 0 Å². The van der Waals surface area contributed by atoms with E-state index in [4.69, 9.17) is 9.47 Å². The Kier molecular flexibility index (Phi) is 7.55. The van der Waals surface area contributed by atoms with Crippen LogP contribution in [0.15, 0.2) is 77.7 Å². The number of sulfonamides is 1. The number of halogens is 1. The fraction of sp³-hybridized carbons (Fsp3) is 0.208. The van der Waals surface area contributed by atoms with Crippen LogP contribution in [0.3, 0.4) is 0 Å². The highest BCUT2D eigenvalue weighted by Gasteiger charge is 2.29. The molecule has 3 rings (SSSR count). The van der Waals surface area contributed by atoms with Crippen molar-refractivity contribution in [1.82, 2.24) is 5.32 Å². The number of carbonyl (C=O) groups is 1. The van der Waals surface area contributed by atoms with Crippen LogP contribution in [-0.2, 0) is 14.8 Å². The van der Waals surface area contributed by atoms with Gasteiger partial charge in [0.05, 0.1) is 30.8 Å². The highest BCUT2D eigenvalue weighted by atomic mass is 32.2. The predicted molar refractivity (Wildman–Crippen MR) is 123 cm³/mol. The molecule has 0 fully saturated rings. The van der Waals surface area contributed by atoms with Crippen molar-refractivity contribution in [2.45, 2.75) is 17.9 Å². The summed E-state index contributed by atoms with van der Waals surface area (Å²) < 4.78 is 51.7. The van der Waals surface area contributed by atoms with Crippen LogP contribution in [-0.4, -0.2) is 35.1 Å². The molecule has 3 aromatic carbocycles. The van der Waals surface area contributed by atoms with Crippen molar-refractivity contribution in [1.29, 1.82) is 0 Å². The summed E-state index contributed by atoms with van der Waals surface area (Å²) in [5.74, 6) is -0.113. The lowest BCUT2D eigenvalue weighted by Crippen LogP contribution is -2.41. The molecule has 1 atom stereocenters. The molecule has 0 radical (unpaired) electrons. The minimum absolute atomic E-state index is 0.00594. The Hall–Kier alpha value is -3.59. The number of carbonyl (C=O) groups excluding carboxylic acids is 1. The number of methoxy groups -OCH3 is 2. The number of amides is 1.